The molecule has 78 valence electrons. The number of aliphatic hydroxyl groups is 1. The van der Waals surface area contributed by atoms with Crippen LogP contribution in [0.3, 0.4) is 0 Å². The zero-order valence-electron chi connectivity index (χ0n) is 8.35. The van der Waals surface area contributed by atoms with E-state index in [0.29, 0.717) is 0 Å². The van der Waals surface area contributed by atoms with Gasteiger partial charge in [-0.2, -0.15) is 0 Å². The van der Waals surface area contributed by atoms with Crippen molar-refractivity contribution in [2.45, 2.75) is 26.2 Å². The molecule has 0 unspecified atom stereocenters. The van der Waals surface area contributed by atoms with Gasteiger partial charge in [0.25, 0.3) is 5.92 Å². The van der Waals surface area contributed by atoms with E-state index in [1.807, 2.05) is 6.07 Å². The van der Waals surface area contributed by atoms with Crippen molar-refractivity contribution in [3.63, 3.8) is 0 Å². The Labute approximate surface area is 82.4 Å². The highest BCUT2D eigenvalue weighted by molar-refractivity contribution is 5.31. The largest absolute Gasteiger partial charge is 0.396 e. The van der Waals surface area contributed by atoms with Crippen molar-refractivity contribution in [3.05, 3.63) is 34.9 Å². The Bertz CT molecular complexity index is 301. The van der Waals surface area contributed by atoms with E-state index in [-0.39, 0.29) is 5.56 Å². The summed E-state index contributed by atoms with van der Waals surface area (Å²) in [6.07, 6.45) is -0.518. The monoisotopic (exact) mass is 200 g/mol. The fourth-order valence-electron chi connectivity index (χ4n) is 1.47. The fraction of sp³-hybridized carbons (Fsp3) is 0.455. The van der Waals surface area contributed by atoms with Gasteiger partial charge in [0.2, 0.25) is 0 Å². The zero-order chi connectivity index (χ0) is 10.8. The molecule has 1 aromatic carbocycles. The molecule has 1 N–H and O–H groups in total. The quantitative estimate of drug-likeness (QED) is 0.795. The van der Waals surface area contributed by atoms with Gasteiger partial charge in [-0.3, -0.25) is 0 Å². The van der Waals surface area contributed by atoms with Crippen LogP contribution in [0.4, 0.5) is 8.78 Å². The van der Waals surface area contributed by atoms with Crippen molar-refractivity contribution < 1.29 is 13.9 Å². The molecule has 0 aliphatic rings. The summed E-state index contributed by atoms with van der Waals surface area (Å²) < 4.78 is 26.7. The predicted octanol–water partition coefficient (Wildman–Crippen LogP) is 2.78. The Morgan fingerprint density at radius 2 is 1.64 bits per heavy atom. The minimum Gasteiger partial charge on any atom is -0.396 e. The van der Waals surface area contributed by atoms with Gasteiger partial charge in [-0.15, -0.1) is 0 Å². The second-order valence-corrected chi connectivity index (χ2v) is 3.55. The summed E-state index contributed by atoms with van der Waals surface area (Å²) in [5.41, 5.74) is 1.62. The summed E-state index contributed by atoms with van der Waals surface area (Å²) in [7, 11) is 0. The maximum Gasteiger partial charge on any atom is 0.275 e. The van der Waals surface area contributed by atoms with Crippen LogP contribution in [-0.2, 0) is 5.92 Å². The van der Waals surface area contributed by atoms with Crippen LogP contribution in [-0.4, -0.2) is 11.7 Å². The summed E-state index contributed by atoms with van der Waals surface area (Å²) in [6.45, 7) is 3.07. The van der Waals surface area contributed by atoms with Gasteiger partial charge in [0.05, 0.1) is 0 Å². The summed E-state index contributed by atoms with van der Waals surface area (Å²) in [5.74, 6) is -2.93. The zero-order valence-corrected chi connectivity index (χ0v) is 8.35. The molecule has 0 radical (unpaired) electrons. The van der Waals surface area contributed by atoms with Crippen LogP contribution in [0.5, 0.6) is 0 Å². The Morgan fingerprint density at radius 1 is 1.14 bits per heavy atom. The van der Waals surface area contributed by atoms with Crippen molar-refractivity contribution in [1.82, 2.24) is 0 Å². The van der Waals surface area contributed by atoms with Crippen LogP contribution >= 0.6 is 0 Å². The van der Waals surface area contributed by atoms with E-state index in [2.05, 4.69) is 0 Å². The van der Waals surface area contributed by atoms with Crippen molar-refractivity contribution in [3.8, 4) is 0 Å². The lowest BCUT2D eigenvalue weighted by molar-refractivity contribution is -0.0270. The summed E-state index contributed by atoms with van der Waals surface area (Å²) in [5, 5.41) is 8.52. The molecule has 14 heavy (non-hydrogen) atoms. The molecule has 0 saturated carbocycles. The smallest absolute Gasteiger partial charge is 0.275 e. The summed E-state index contributed by atoms with van der Waals surface area (Å²) in [6, 6.07) is 4.77. The molecule has 1 aromatic rings. The SMILES string of the molecule is Cc1cc(C)cc(C(F)(F)CCO)c1. The van der Waals surface area contributed by atoms with Gasteiger partial charge in [-0.1, -0.05) is 29.3 Å². The molecule has 0 aromatic heterocycles. The Balaban J connectivity index is 3.05. The molecule has 1 rings (SSSR count). The first-order chi connectivity index (χ1) is 6.45. The molecule has 3 heteroatoms. The third-order valence-electron chi connectivity index (χ3n) is 2.07. The van der Waals surface area contributed by atoms with Crippen molar-refractivity contribution in [1.29, 1.82) is 0 Å². The van der Waals surface area contributed by atoms with Gasteiger partial charge >= 0.3 is 0 Å². The summed E-state index contributed by atoms with van der Waals surface area (Å²) >= 11 is 0. The standard InChI is InChI=1S/C11H14F2O/c1-8-5-9(2)7-10(6-8)11(12,13)3-4-14/h5-7,14H,3-4H2,1-2H3. The van der Waals surface area contributed by atoms with Crippen molar-refractivity contribution in [2.24, 2.45) is 0 Å². The number of benzene rings is 1. The number of rotatable bonds is 3. The maximum absolute atomic E-state index is 13.4. The highest BCUT2D eigenvalue weighted by atomic mass is 19.3. The van der Waals surface area contributed by atoms with Crippen molar-refractivity contribution >= 4 is 0 Å². The average molecular weight is 200 g/mol. The third-order valence-corrected chi connectivity index (χ3v) is 2.07. The van der Waals surface area contributed by atoms with Crippen LogP contribution in [0, 0.1) is 13.8 Å². The number of aryl methyl sites for hydroxylation is 2. The molecule has 0 aliphatic heterocycles. The fourth-order valence-corrected chi connectivity index (χ4v) is 1.47. The van der Waals surface area contributed by atoms with E-state index >= 15 is 0 Å². The molecule has 0 aliphatic carbocycles. The van der Waals surface area contributed by atoms with E-state index in [1.54, 1.807) is 13.8 Å². The number of hydrogen-bond acceptors (Lipinski definition) is 1. The first-order valence-electron chi connectivity index (χ1n) is 4.53. The molecule has 1 nitrogen and oxygen atoms in total. The van der Waals surface area contributed by atoms with Crippen LogP contribution in [0.25, 0.3) is 0 Å². The lowest BCUT2D eigenvalue weighted by atomic mass is 10.0. The van der Waals surface area contributed by atoms with E-state index < -0.39 is 19.0 Å². The van der Waals surface area contributed by atoms with Gasteiger partial charge in [-0.25, -0.2) is 8.78 Å². The first-order valence-corrected chi connectivity index (χ1v) is 4.53. The Hall–Kier alpha value is -0.960. The van der Waals surface area contributed by atoms with Gasteiger partial charge in [0, 0.05) is 18.6 Å². The number of alkyl halides is 2. The molecular weight excluding hydrogens is 186 g/mol. The molecule has 0 spiro atoms. The highest BCUT2D eigenvalue weighted by Gasteiger charge is 2.30. The van der Waals surface area contributed by atoms with Gasteiger partial charge in [0.15, 0.2) is 0 Å². The van der Waals surface area contributed by atoms with Crippen LogP contribution in [0.1, 0.15) is 23.1 Å². The second-order valence-electron chi connectivity index (χ2n) is 3.55. The van der Waals surface area contributed by atoms with Gasteiger partial charge in [0.1, 0.15) is 0 Å². The molecule has 0 bridgehead atoms. The Kier molecular flexibility index (Phi) is 3.21. The van der Waals surface area contributed by atoms with Crippen molar-refractivity contribution in [2.75, 3.05) is 6.61 Å². The average Bonchev–Trinajstić information content (AvgIpc) is 2.02. The molecular formula is C11H14F2O. The van der Waals surface area contributed by atoms with Crippen LogP contribution in [0.15, 0.2) is 18.2 Å². The third kappa shape index (κ3) is 2.51. The van der Waals surface area contributed by atoms with Crippen LogP contribution < -0.4 is 0 Å². The number of aliphatic hydroxyl groups excluding tert-OH is 1. The van der Waals surface area contributed by atoms with Gasteiger partial charge < -0.3 is 5.11 Å². The predicted molar refractivity (Wildman–Crippen MR) is 51.5 cm³/mol. The number of hydrogen-bond donors (Lipinski definition) is 1. The minimum absolute atomic E-state index is 0.0101. The normalized spacial score (nSPS) is 11.8. The second kappa shape index (κ2) is 4.05. The molecule has 0 amide bonds. The minimum atomic E-state index is -2.93. The molecule has 0 atom stereocenters. The summed E-state index contributed by atoms with van der Waals surface area (Å²) in [4.78, 5) is 0. The van der Waals surface area contributed by atoms with E-state index in [9.17, 15) is 8.78 Å². The lowest BCUT2D eigenvalue weighted by Gasteiger charge is -2.16. The van der Waals surface area contributed by atoms with E-state index in [1.165, 1.54) is 12.1 Å². The highest BCUT2D eigenvalue weighted by Crippen LogP contribution is 2.32. The molecule has 0 saturated heterocycles. The lowest BCUT2D eigenvalue weighted by Crippen LogP contribution is -2.15. The molecule has 0 fully saturated rings. The van der Waals surface area contributed by atoms with E-state index in [4.69, 9.17) is 5.11 Å². The first kappa shape index (κ1) is 11.1. The van der Waals surface area contributed by atoms with Crippen LogP contribution in [0.2, 0.25) is 0 Å². The van der Waals surface area contributed by atoms with E-state index in [0.717, 1.165) is 11.1 Å². The van der Waals surface area contributed by atoms with Gasteiger partial charge in [-0.05, 0) is 13.8 Å². The maximum atomic E-state index is 13.4. The molecule has 0 heterocycles. The number of halogens is 2. The topological polar surface area (TPSA) is 20.2 Å². The Morgan fingerprint density at radius 3 is 2.07 bits per heavy atom.